The van der Waals surface area contributed by atoms with Crippen molar-refractivity contribution >= 4 is 27.4 Å². The molecule has 28 heavy (non-hydrogen) atoms. The maximum absolute atomic E-state index is 5.98. The third-order valence-corrected chi connectivity index (χ3v) is 7.75. The molecule has 0 spiro atoms. The van der Waals surface area contributed by atoms with E-state index in [9.17, 15) is 0 Å². The Hall–Kier alpha value is -1.28. The van der Waals surface area contributed by atoms with Crippen molar-refractivity contribution in [2.75, 3.05) is 38.2 Å². The monoisotopic (exact) mass is 402 g/mol. The Morgan fingerprint density at radius 3 is 2.82 bits per heavy atom. The van der Waals surface area contributed by atoms with E-state index in [1.165, 1.54) is 41.5 Å². The highest BCUT2D eigenvalue weighted by atomic mass is 32.1. The van der Waals surface area contributed by atoms with Crippen LogP contribution in [0.5, 0.6) is 0 Å². The van der Waals surface area contributed by atoms with Gasteiger partial charge in [-0.05, 0) is 45.1 Å². The molecule has 0 bridgehead atoms. The zero-order valence-corrected chi connectivity index (χ0v) is 17.7. The summed E-state index contributed by atoms with van der Waals surface area (Å²) < 4.78 is 11.5. The maximum atomic E-state index is 5.98. The Balaban J connectivity index is 1.46. The van der Waals surface area contributed by atoms with Gasteiger partial charge in [0.15, 0.2) is 0 Å². The molecule has 3 atom stereocenters. The Labute approximate surface area is 170 Å². The van der Waals surface area contributed by atoms with Crippen LogP contribution in [0.2, 0.25) is 0 Å². The molecule has 1 N–H and O–H groups in total. The summed E-state index contributed by atoms with van der Waals surface area (Å²) in [5, 5.41) is 5.08. The number of nitrogens with zero attached hydrogens (tertiary/aromatic N) is 3. The van der Waals surface area contributed by atoms with E-state index in [0.717, 1.165) is 55.9 Å². The molecule has 2 aliphatic heterocycles. The van der Waals surface area contributed by atoms with E-state index in [0.29, 0.717) is 18.1 Å². The highest BCUT2D eigenvalue weighted by Crippen LogP contribution is 2.38. The van der Waals surface area contributed by atoms with Gasteiger partial charge in [0.05, 0.1) is 31.2 Å². The second-order valence-corrected chi connectivity index (χ2v) is 9.59. The number of thiophene rings is 1. The van der Waals surface area contributed by atoms with Crippen LogP contribution >= 0.6 is 11.3 Å². The zero-order valence-electron chi connectivity index (χ0n) is 16.9. The third kappa shape index (κ3) is 3.54. The molecule has 7 heteroatoms. The van der Waals surface area contributed by atoms with Crippen LogP contribution in [0.25, 0.3) is 10.2 Å². The highest BCUT2D eigenvalue weighted by molar-refractivity contribution is 7.18. The van der Waals surface area contributed by atoms with Crippen LogP contribution in [0.15, 0.2) is 0 Å². The summed E-state index contributed by atoms with van der Waals surface area (Å²) in [5.74, 6) is 2.57. The first-order chi connectivity index (χ1) is 13.7. The van der Waals surface area contributed by atoms with Crippen molar-refractivity contribution < 1.29 is 9.47 Å². The van der Waals surface area contributed by atoms with Crippen LogP contribution in [-0.2, 0) is 16.0 Å². The molecule has 2 aromatic heterocycles. The van der Waals surface area contributed by atoms with E-state index in [4.69, 9.17) is 19.4 Å². The number of ether oxygens (including phenoxy) is 2. The van der Waals surface area contributed by atoms with Gasteiger partial charge in [-0.25, -0.2) is 9.97 Å². The van der Waals surface area contributed by atoms with Gasteiger partial charge in [0.1, 0.15) is 16.5 Å². The summed E-state index contributed by atoms with van der Waals surface area (Å²) in [4.78, 5) is 14.8. The van der Waals surface area contributed by atoms with Crippen molar-refractivity contribution in [2.45, 2.75) is 58.2 Å². The molecule has 2 aromatic rings. The second kappa shape index (κ2) is 7.86. The molecule has 4 heterocycles. The smallest absolute Gasteiger partial charge is 0.146 e. The molecule has 3 fully saturated rings. The predicted molar refractivity (Wildman–Crippen MR) is 112 cm³/mol. The molecule has 0 amide bonds. The topological polar surface area (TPSA) is 59.5 Å². The SMILES string of the molecule is Cc1sc2nc(CN3CCOCC3)nc(NC3CCCC4OCCC34)c2c1C. The van der Waals surface area contributed by atoms with Gasteiger partial charge in [0, 0.05) is 36.5 Å². The first kappa shape index (κ1) is 18.7. The van der Waals surface area contributed by atoms with Crippen molar-refractivity contribution in [2.24, 2.45) is 5.92 Å². The molecule has 3 unspecified atom stereocenters. The van der Waals surface area contributed by atoms with E-state index in [1.54, 1.807) is 11.3 Å². The number of nitrogens with one attached hydrogen (secondary N) is 1. The Morgan fingerprint density at radius 1 is 1.11 bits per heavy atom. The Bertz CT molecular complexity index is 849. The number of morpholine rings is 1. The van der Waals surface area contributed by atoms with E-state index in [-0.39, 0.29) is 0 Å². The van der Waals surface area contributed by atoms with Crippen molar-refractivity contribution in [1.82, 2.24) is 14.9 Å². The average molecular weight is 403 g/mol. The lowest BCUT2D eigenvalue weighted by molar-refractivity contribution is 0.0331. The molecule has 152 valence electrons. The molecule has 2 saturated heterocycles. The largest absolute Gasteiger partial charge is 0.379 e. The normalized spacial score (nSPS) is 28.6. The lowest BCUT2D eigenvalue weighted by Crippen LogP contribution is -2.39. The minimum Gasteiger partial charge on any atom is -0.379 e. The molecule has 5 rings (SSSR count). The fourth-order valence-electron chi connectivity index (χ4n) is 4.96. The van der Waals surface area contributed by atoms with Crippen LogP contribution in [0.1, 0.15) is 41.9 Å². The predicted octanol–water partition coefficient (Wildman–Crippen LogP) is 3.51. The van der Waals surface area contributed by atoms with Gasteiger partial charge in [-0.15, -0.1) is 11.3 Å². The number of aryl methyl sites for hydroxylation is 2. The molecule has 6 nitrogen and oxygen atoms in total. The lowest BCUT2D eigenvalue weighted by atomic mass is 9.82. The van der Waals surface area contributed by atoms with Gasteiger partial charge in [-0.3, -0.25) is 4.90 Å². The lowest BCUT2D eigenvalue weighted by Gasteiger charge is -2.34. The number of aromatic nitrogens is 2. The van der Waals surface area contributed by atoms with Gasteiger partial charge in [-0.2, -0.15) is 0 Å². The first-order valence-electron chi connectivity index (χ1n) is 10.6. The van der Waals surface area contributed by atoms with E-state index < -0.39 is 0 Å². The minimum absolute atomic E-state index is 0.432. The molecule has 1 saturated carbocycles. The summed E-state index contributed by atoms with van der Waals surface area (Å²) in [7, 11) is 0. The third-order valence-electron chi connectivity index (χ3n) is 6.65. The second-order valence-electron chi connectivity index (χ2n) is 8.38. The maximum Gasteiger partial charge on any atom is 0.146 e. The number of hydrogen-bond donors (Lipinski definition) is 1. The van der Waals surface area contributed by atoms with Crippen LogP contribution < -0.4 is 5.32 Å². The fraction of sp³-hybridized carbons (Fsp3) is 0.714. The quantitative estimate of drug-likeness (QED) is 0.845. The van der Waals surface area contributed by atoms with Gasteiger partial charge < -0.3 is 14.8 Å². The molecule has 3 aliphatic rings. The van der Waals surface area contributed by atoms with Gasteiger partial charge in [-0.1, -0.05) is 0 Å². The molecule has 0 radical (unpaired) electrons. The number of fused-ring (bicyclic) bond motifs is 2. The summed E-state index contributed by atoms with van der Waals surface area (Å²) in [5.41, 5.74) is 1.32. The summed E-state index contributed by atoms with van der Waals surface area (Å²) in [6.07, 6.45) is 5.24. The molecule has 1 aliphatic carbocycles. The number of anilines is 1. The standard InChI is InChI=1S/C21H30N4O2S/c1-13-14(2)28-21-19(13)20(22-16-4-3-5-17-15(16)6-9-27-17)23-18(24-21)12-25-7-10-26-11-8-25/h15-17H,3-12H2,1-2H3,(H,22,23,24). The summed E-state index contributed by atoms with van der Waals surface area (Å²) in [6.45, 7) is 9.61. The Morgan fingerprint density at radius 2 is 1.96 bits per heavy atom. The van der Waals surface area contributed by atoms with Crippen LogP contribution in [0.4, 0.5) is 5.82 Å². The van der Waals surface area contributed by atoms with Crippen molar-refractivity contribution in [3.63, 3.8) is 0 Å². The zero-order chi connectivity index (χ0) is 19.1. The fourth-order valence-corrected chi connectivity index (χ4v) is 6.01. The Kier molecular flexibility index (Phi) is 5.26. The van der Waals surface area contributed by atoms with E-state index in [1.807, 2.05) is 0 Å². The van der Waals surface area contributed by atoms with Gasteiger partial charge >= 0.3 is 0 Å². The molecular formula is C21H30N4O2S. The van der Waals surface area contributed by atoms with Crippen LogP contribution in [-0.4, -0.2) is 59.9 Å². The average Bonchev–Trinajstić information content (AvgIpc) is 3.28. The first-order valence-corrected chi connectivity index (χ1v) is 11.5. The van der Waals surface area contributed by atoms with Gasteiger partial charge in [0.25, 0.3) is 0 Å². The van der Waals surface area contributed by atoms with E-state index >= 15 is 0 Å². The molecular weight excluding hydrogens is 372 g/mol. The van der Waals surface area contributed by atoms with Crippen molar-refractivity contribution in [3.8, 4) is 0 Å². The summed E-state index contributed by atoms with van der Waals surface area (Å²) >= 11 is 1.79. The minimum atomic E-state index is 0.432. The highest BCUT2D eigenvalue weighted by Gasteiger charge is 2.38. The molecule has 0 aromatic carbocycles. The number of rotatable bonds is 4. The summed E-state index contributed by atoms with van der Waals surface area (Å²) in [6, 6.07) is 0.454. The van der Waals surface area contributed by atoms with Crippen molar-refractivity contribution in [1.29, 1.82) is 0 Å². The van der Waals surface area contributed by atoms with Crippen molar-refractivity contribution in [3.05, 3.63) is 16.3 Å². The van der Waals surface area contributed by atoms with Crippen LogP contribution in [0, 0.1) is 19.8 Å². The number of hydrogen-bond acceptors (Lipinski definition) is 7. The van der Waals surface area contributed by atoms with Gasteiger partial charge in [0.2, 0.25) is 0 Å². The van der Waals surface area contributed by atoms with E-state index in [2.05, 4.69) is 24.1 Å². The van der Waals surface area contributed by atoms with Crippen LogP contribution in [0.3, 0.4) is 0 Å².